The average Bonchev–Trinajstić information content (AvgIpc) is 2.95. The molecule has 0 aliphatic rings. The first kappa shape index (κ1) is 24.1. The van der Waals surface area contributed by atoms with E-state index >= 15 is 0 Å². The first-order valence-corrected chi connectivity index (χ1v) is 9.87. The fourth-order valence-electron chi connectivity index (χ4n) is 3.14. The highest BCUT2D eigenvalue weighted by Gasteiger charge is 2.38. The Labute approximate surface area is 191 Å². The second-order valence-electron chi connectivity index (χ2n) is 7.35. The third-order valence-electron chi connectivity index (χ3n) is 4.51. The van der Waals surface area contributed by atoms with E-state index in [0.717, 1.165) is 21.9 Å². The molecule has 2 aromatic carbocycles. The Morgan fingerprint density at radius 2 is 1.73 bits per heavy atom. The van der Waals surface area contributed by atoms with E-state index in [-0.39, 0.29) is 22.8 Å². The van der Waals surface area contributed by atoms with E-state index < -0.39 is 34.3 Å². The molecule has 1 N–H and O–H groups in total. The predicted octanol–water partition coefficient (Wildman–Crippen LogP) is 5.82. The van der Waals surface area contributed by atoms with Gasteiger partial charge in [-0.05, 0) is 44.0 Å². The standard InChI is InChI=1S/C21H18ClF3N4O4/c1-11-4-12(2)6-16(5-11)33-17-8-14(7-15(9-17)29(31)32)26-18(30)10-28-13(3)19(22)20(27-28)21(23,24)25/h4-9H,10H2,1-3H3,(H,26,30). The van der Waals surface area contributed by atoms with Gasteiger partial charge in [-0.25, -0.2) is 0 Å². The fourth-order valence-corrected chi connectivity index (χ4v) is 3.39. The summed E-state index contributed by atoms with van der Waals surface area (Å²) in [7, 11) is 0. The van der Waals surface area contributed by atoms with Gasteiger partial charge in [0.1, 0.15) is 18.0 Å². The van der Waals surface area contributed by atoms with Crippen molar-refractivity contribution in [2.45, 2.75) is 33.5 Å². The van der Waals surface area contributed by atoms with Gasteiger partial charge in [-0.3, -0.25) is 19.6 Å². The minimum atomic E-state index is -4.77. The number of anilines is 1. The van der Waals surface area contributed by atoms with E-state index in [9.17, 15) is 28.1 Å². The summed E-state index contributed by atoms with van der Waals surface area (Å²) in [4.78, 5) is 23.1. The molecule has 0 fully saturated rings. The summed E-state index contributed by atoms with van der Waals surface area (Å²) in [5.74, 6) is -0.210. The molecule has 8 nitrogen and oxygen atoms in total. The number of nitro groups is 1. The number of carbonyl (C=O) groups excluding carboxylic acids is 1. The second-order valence-corrected chi connectivity index (χ2v) is 7.73. The molecule has 0 unspecified atom stereocenters. The number of halogens is 4. The first-order chi connectivity index (χ1) is 15.3. The number of nitro benzene ring substituents is 1. The van der Waals surface area contributed by atoms with Gasteiger partial charge in [-0.1, -0.05) is 17.7 Å². The molecule has 0 bridgehead atoms. The van der Waals surface area contributed by atoms with Gasteiger partial charge in [0, 0.05) is 12.1 Å². The molecule has 0 radical (unpaired) electrons. The zero-order valence-electron chi connectivity index (χ0n) is 17.7. The van der Waals surface area contributed by atoms with Crippen molar-refractivity contribution in [1.82, 2.24) is 9.78 Å². The molecule has 0 saturated carbocycles. The van der Waals surface area contributed by atoms with Crippen LogP contribution in [0.1, 0.15) is 22.5 Å². The van der Waals surface area contributed by atoms with E-state index in [2.05, 4.69) is 10.4 Å². The Kier molecular flexibility index (Phi) is 6.63. The number of aryl methyl sites for hydroxylation is 2. The smallest absolute Gasteiger partial charge is 0.436 e. The van der Waals surface area contributed by atoms with Crippen LogP contribution in [-0.4, -0.2) is 20.6 Å². The summed E-state index contributed by atoms with van der Waals surface area (Å²) in [6.07, 6.45) is -4.77. The number of amides is 1. The Morgan fingerprint density at radius 3 is 2.27 bits per heavy atom. The van der Waals surface area contributed by atoms with Crippen LogP contribution in [0.4, 0.5) is 24.5 Å². The van der Waals surface area contributed by atoms with Gasteiger partial charge < -0.3 is 10.1 Å². The molecule has 174 valence electrons. The normalized spacial score (nSPS) is 11.4. The third-order valence-corrected chi connectivity index (χ3v) is 4.96. The van der Waals surface area contributed by atoms with Crippen LogP contribution in [-0.2, 0) is 17.5 Å². The maximum Gasteiger partial charge on any atom is 0.436 e. The van der Waals surface area contributed by atoms with Crippen LogP contribution in [0.2, 0.25) is 5.02 Å². The number of nitrogens with zero attached hydrogens (tertiary/aromatic N) is 3. The predicted molar refractivity (Wildman–Crippen MR) is 115 cm³/mol. The lowest BCUT2D eigenvalue weighted by molar-refractivity contribution is -0.384. The molecule has 3 rings (SSSR count). The van der Waals surface area contributed by atoms with Crippen molar-refractivity contribution in [3.05, 3.63) is 74.0 Å². The summed E-state index contributed by atoms with van der Waals surface area (Å²) in [5.41, 5.74) is 0.196. The summed E-state index contributed by atoms with van der Waals surface area (Å²) < 4.78 is 45.5. The van der Waals surface area contributed by atoms with Gasteiger partial charge in [0.15, 0.2) is 5.69 Å². The summed E-state index contributed by atoms with van der Waals surface area (Å²) in [5, 5.41) is 16.5. The van der Waals surface area contributed by atoms with Crippen LogP contribution < -0.4 is 10.1 Å². The highest BCUT2D eigenvalue weighted by Crippen LogP contribution is 2.35. The molecule has 12 heteroatoms. The summed E-state index contributed by atoms with van der Waals surface area (Å²) >= 11 is 5.69. The van der Waals surface area contributed by atoms with Crippen LogP contribution in [0.3, 0.4) is 0 Å². The Bertz CT molecular complexity index is 1220. The Morgan fingerprint density at radius 1 is 1.12 bits per heavy atom. The summed E-state index contributed by atoms with van der Waals surface area (Å²) in [6, 6.07) is 9.09. The molecular weight excluding hydrogens is 465 g/mol. The number of ether oxygens (including phenoxy) is 1. The molecule has 33 heavy (non-hydrogen) atoms. The lowest BCUT2D eigenvalue weighted by Gasteiger charge is -2.11. The van der Waals surface area contributed by atoms with Gasteiger partial charge >= 0.3 is 6.18 Å². The van der Waals surface area contributed by atoms with E-state index in [4.69, 9.17) is 16.3 Å². The number of rotatable bonds is 6. The molecule has 1 heterocycles. The van der Waals surface area contributed by atoms with E-state index in [0.29, 0.717) is 5.75 Å². The minimum Gasteiger partial charge on any atom is -0.457 e. The zero-order chi connectivity index (χ0) is 24.5. The van der Waals surface area contributed by atoms with Crippen molar-refractivity contribution < 1.29 is 27.6 Å². The third kappa shape index (κ3) is 5.80. The zero-order valence-corrected chi connectivity index (χ0v) is 18.4. The largest absolute Gasteiger partial charge is 0.457 e. The van der Waals surface area contributed by atoms with Crippen LogP contribution in [0.5, 0.6) is 11.5 Å². The highest BCUT2D eigenvalue weighted by atomic mass is 35.5. The Balaban J connectivity index is 1.84. The number of alkyl halides is 3. The van der Waals surface area contributed by atoms with Gasteiger partial charge in [0.05, 0.1) is 27.4 Å². The van der Waals surface area contributed by atoms with Crippen molar-refractivity contribution >= 4 is 28.9 Å². The monoisotopic (exact) mass is 482 g/mol. The topological polar surface area (TPSA) is 99.3 Å². The summed E-state index contributed by atoms with van der Waals surface area (Å²) in [6.45, 7) is 4.44. The van der Waals surface area contributed by atoms with Crippen LogP contribution >= 0.6 is 11.6 Å². The second kappa shape index (κ2) is 9.10. The highest BCUT2D eigenvalue weighted by molar-refractivity contribution is 6.32. The van der Waals surface area contributed by atoms with Gasteiger partial charge in [-0.15, -0.1) is 0 Å². The van der Waals surface area contributed by atoms with Crippen molar-refractivity contribution in [2.24, 2.45) is 0 Å². The van der Waals surface area contributed by atoms with Crippen LogP contribution in [0.15, 0.2) is 36.4 Å². The average molecular weight is 483 g/mol. The molecule has 0 spiro atoms. The number of benzene rings is 2. The van der Waals surface area contributed by atoms with E-state index in [1.807, 2.05) is 19.9 Å². The number of non-ortho nitro benzene ring substituents is 1. The SMILES string of the molecule is Cc1cc(C)cc(Oc2cc(NC(=O)Cn3nc(C(F)(F)F)c(Cl)c3C)cc([N+](=O)[O-])c2)c1. The van der Waals surface area contributed by atoms with E-state index in [1.54, 1.807) is 12.1 Å². The molecule has 0 aliphatic heterocycles. The van der Waals surface area contributed by atoms with Crippen molar-refractivity contribution in [2.75, 3.05) is 5.32 Å². The molecule has 3 aromatic rings. The van der Waals surface area contributed by atoms with Crippen molar-refractivity contribution in [3.8, 4) is 11.5 Å². The molecule has 0 atom stereocenters. The number of aromatic nitrogens is 2. The van der Waals surface area contributed by atoms with Gasteiger partial charge in [-0.2, -0.15) is 18.3 Å². The lowest BCUT2D eigenvalue weighted by Crippen LogP contribution is -2.21. The maximum atomic E-state index is 13.0. The van der Waals surface area contributed by atoms with Crippen LogP contribution in [0, 0.1) is 30.9 Å². The number of hydrogen-bond donors (Lipinski definition) is 1. The molecule has 0 saturated heterocycles. The minimum absolute atomic E-state index is 0.0283. The van der Waals surface area contributed by atoms with Crippen molar-refractivity contribution in [1.29, 1.82) is 0 Å². The Hall–Kier alpha value is -3.60. The molecule has 0 aliphatic carbocycles. The number of hydrogen-bond acceptors (Lipinski definition) is 5. The maximum absolute atomic E-state index is 13.0. The first-order valence-electron chi connectivity index (χ1n) is 9.49. The lowest BCUT2D eigenvalue weighted by atomic mass is 10.1. The molecular formula is C21H18ClF3N4O4. The fraction of sp³-hybridized carbons (Fsp3) is 0.238. The van der Waals surface area contributed by atoms with E-state index in [1.165, 1.54) is 19.1 Å². The van der Waals surface area contributed by atoms with Gasteiger partial charge in [0.2, 0.25) is 5.91 Å². The number of nitrogens with one attached hydrogen (secondary N) is 1. The molecule has 1 aromatic heterocycles. The van der Waals surface area contributed by atoms with Crippen molar-refractivity contribution in [3.63, 3.8) is 0 Å². The van der Waals surface area contributed by atoms with Gasteiger partial charge in [0.25, 0.3) is 5.69 Å². The van der Waals surface area contributed by atoms with Crippen LogP contribution in [0.25, 0.3) is 0 Å². The number of carbonyl (C=O) groups is 1. The molecule has 1 amide bonds. The quantitative estimate of drug-likeness (QED) is 0.352.